The zero-order valence-electron chi connectivity index (χ0n) is 22.1. The Kier molecular flexibility index (Phi) is 7.82. The number of hydrogen-bond acceptors (Lipinski definition) is 8. The Bertz CT molecular complexity index is 1700. The summed E-state index contributed by atoms with van der Waals surface area (Å²) in [4.78, 5) is 34.8. The smallest absolute Gasteiger partial charge is 0.315 e. The first-order valence-electron chi connectivity index (χ1n) is 13.0. The van der Waals surface area contributed by atoms with Crippen molar-refractivity contribution in [2.45, 2.75) is 19.3 Å². The molecule has 0 aromatic heterocycles. The van der Waals surface area contributed by atoms with Gasteiger partial charge < -0.3 is 4.74 Å². The number of esters is 1. The third-order valence-electron chi connectivity index (χ3n) is 7.07. The normalized spacial score (nSPS) is 17.6. The maximum atomic E-state index is 13.4. The van der Waals surface area contributed by atoms with Crippen LogP contribution < -0.4 is 5.43 Å². The highest BCUT2D eigenvalue weighted by molar-refractivity contribution is 6.14. The van der Waals surface area contributed by atoms with Gasteiger partial charge in [0.05, 0.1) is 28.2 Å². The Morgan fingerprint density at radius 1 is 0.927 bits per heavy atom. The van der Waals surface area contributed by atoms with Crippen molar-refractivity contribution in [2.75, 3.05) is 12.0 Å². The summed E-state index contributed by atoms with van der Waals surface area (Å²) in [6.07, 6.45) is 2.35. The van der Waals surface area contributed by atoms with E-state index < -0.39 is 33.1 Å². The van der Waals surface area contributed by atoms with Crippen LogP contribution in [-0.2, 0) is 9.53 Å². The van der Waals surface area contributed by atoms with Crippen molar-refractivity contribution in [1.29, 1.82) is 0 Å². The minimum absolute atomic E-state index is 0.0433. The van der Waals surface area contributed by atoms with Gasteiger partial charge in [-0.2, -0.15) is 5.10 Å². The maximum absolute atomic E-state index is 13.4. The van der Waals surface area contributed by atoms with Crippen LogP contribution in [0.3, 0.4) is 0 Å². The molecule has 0 aliphatic heterocycles. The van der Waals surface area contributed by atoms with E-state index in [1.54, 1.807) is 6.92 Å². The SMILES string of the molecule is CCOC(=O)C1/C(=N/Nc2ccc([N+](=O)[O-])cc2[N+](=O)[O-])C=C(c2ccc3ccccc3c2)CC1c1ccccc1. The molecule has 0 fully saturated rings. The number of carbonyl (C=O) groups excluding carboxylic acids is 1. The molecular formula is C31H26N4O6. The number of hydrazone groups is 1. The second-order valence-corrected chi connectivity index (χ2v) is 9.55. The maximum Gasteiger partial charge on any atom is 0.315 e. The molecule has 0 saturated carbocycles. The van der Waals surface area contributed by atoms with E-state index in [-0.39, 0.29) is 18.2 Å². The van der Waals surface area contributed by atoms with Crippen LogP contribution in [0.1, 0.15) is 30.4 Å². The van der Waals surface area contributed by atoms with Crippen molar-refractivity contribution < 1.29 is 19.4 Å². The van der Waals surface area contributed by atoms with Gasteiger partial charge >= 0.3 is 11.7 Å². The predicted octanol–water partition coefficient (Wildman–Crippen LogP) is 6.87. The summed E-state index contributed by atoms with van der Waals surface area (Å²) in [5.74, 6) is -1.59. The molecule has 41 heavy (non-hydrogen) atoms. The van der Waals surface area contributed by atoms with E-state index in [0.717, 1.165) is 39.6 Å². The number of rotatable bonds is 8. The van der Waals surface area contributed by atoms with Crippen molar-refractivity contribution in [3.8, 4) is 0 Å². The number of fused-ring (bicyclic) bond motifs is 1. The minimum atomic E-state index is -0.800. The molecule has 0 bridgehead atoms. The molecule has 0 saturated heterocycles. The first-order valence-corrected chi connectivity index (χ1v) is 13.0. The molecule has 0 spiro atoms. The molecule has 0 radical (unpaired) electrons. The lowest BCUT2D eigenvalue weighted by Gasteiger charge is -2.31. The summed E-state index contributed by atoms with van der Waals surface area (Å²) in [7, 11) is 0. The molecule has 4 aromatic rings. The predicted molar refractivity (Wildman–Crippen MR) is 157 cm³/mol. The molecule has 206 valence electrons. The molecule has 1 aliphatic carbocycles. The van der Waals surface area contributed by atoms with Gasteiger partial charge in [-0.3, -0.25) is 30.4 Å². The molecule has 0 heterocycles. The van der Waals surface area contributed by atoms with E-state index in [2.05, 4.69) is 16.6 Å². The number of nitrogens with zero attached hydrogens (tertiary/aromatic N) is 3. The van der Waals surface area contributed by atoms with Crippen LogP contribution in [0, 0.1) is 26.1 Å². The van der Waals surface area contributed by atoms with Crippen molar-refractivity contribution in [3.63, 3.8) is 0 Å². The molecule has 5 rings (SSSR count). The second-order valence-electron chi connectivity index (χ2n) is 9.55. The van der Waals surface area contributed by atoms with Gasteiger partial charge in [0, 0.05) is 12.0 Å². The number of allylic oxidation sites excluding steroid dienone is 2. The number of anilines is 1. The van der Waals surface area contributed by atoms with Gasteiger partial charge in [0.25, 0.3) is 5.69 Å². The quantitative estimate of drug-likeness (QED) is 0.143. The summed E-state index contributed by atoms with van der Waals surface area (Å²) < 4.78 is 5.46. The lowest BCUT2D eigenvalue weighted by atomic mass is 9.73. The highest BCUT2D eigenvalue weighted by Gasteiger charge is 2.38. The van der Waals surface area contributed by atoms with Crippen molar-refractivity contribution in [2.24, 2.45) is 11.0 Å². The molecule has 0 amide bonds. The number of nitrogens with one attached hydrogen (secondary N) is 1. The van der Waals surface area contributed by atoms with Gasteiger partial charge in [0.15, 0.2) is 0 Å². The van der Waals surface area contributed by atoms with Gasteiger partial charge in [-0.05, 0) is 59.0 Å². The zero-order chi connectivity index (χ0) is 28.9. The van der Waals surface area contributed by atoms with E-state index in [1.165, 1.54) is 6.07 Å². The van der Waals surface area contributed by atoms with Gasteiger partial charge in [-0.1, -0.05) is 66.7 Å². The monoisotopic (exact) mass is 550 g/mol. The van der Waals surface area contributed by atoms with E-state index in [0.29, 0.717) is 12.1 Å². The van der Waals surface area contributed by atoms with Crippen LogP contribution in [0.4, 0.5) is 17.1 Å². The van der Waals surface area contributed by atoms with Crippen molar-refractivity contribution in [1.82, 2.24) is 0 Å². The fourth-order valence-electron chi connectivity index (χ4n) is 5.11. The van der Waals surface area contributed by atoms with Gasteiger partial charge in [-0.15, -0.1) is 0 Å². The third-order valence-corrected chi connectivity index (χ3v) is 7.07. The summed E-state index contributed by atoms with van der Waals surface area (Å²) in [6, 6.07) is 27.0. The molecule has 2 atom stereocenters. The topological polar surface area (TPSA) is 137 Å². The number of nitro groups is 2. The zero-order valence-corrected chi connectivity index (χ0v) is 22.1. The summed E-state index contributed by atoms with van der Waals surface area (Å²) in [5.41, 5.74) is 4.88. The Hall–Kier alpha value is -5.38. The molecule has 1 aliphatic rings. The fraction of sp³-hybridized carbons (Fsp3) is 0.161. The molecular weight excluding hydrogens is 524 g/mol. The molecule has 2 unspecified atom stereocenters. The van der Waals surface area contributed by atoms with Crippen molar-refractivity contribution in [3.05, 3.63) is 128 Å². The number of nitro benzene ring substituents is 2. The van der Waals surface area contributed by atoms with Crippen LogP contribution in [-0.4, -0.2) is 28.1 Å². The van der Waals surface area contributed by atoms with Gasteiger partial charge in [-0.25, -0.2) is 0 Å². The first kappa shape index (κ1) is 27.2. The Morgan fingerprint density at radius 3 is 2.37 bits per heavy atom. The fourth-order valence-corrected chi connectivity index (χ4v) is 5.11. The Balaban J connectivity index is 1.64. The average Bonchev–Trinajstić information content (AvgIpc) is 2.99. The average molecular weight is 551 g/mol. The Labute approximate surface area is 235 Å². The highest BCUT2D eigenvalue weighted by atomic mass is 16.6. The molecule has 1 N–H and O–H groups in total. The van der Waals surface area contributed by atoms with Gasteiger partial charge in [0.2, 0.25) is 0 Å². The van der Waals surface area contributed by atoms with Crippen LogP contribution in [0.2, 0.25) is 0 Å². The largest absolute Gasteiger partial charge is 0.465 e. The summed E-state index contributed by atoms with van der Waals surface area (Å²) in [6.45, 7) is 1.90. The number of ether oxygens (including phenoxy) is 1. The molecule has 4 aromatic carbocycles. The van der Waals surface area contributed by atoms with Crippen LogP contribution >= 0.6 is 0 Å². The summed E-state index contributed by atoms with van der Waals surface area (Å²) >= 11 is 0. The number of hydrogen-bond donors (Lipinski definition) is 1. The molecule has 10 nitrogen and oxygen atoms in total. The number of non-ortho nitro benzene ring substituents is 1. The van der Waals surface area contributed by atoms with Crippen LogP contribution in [0.5, 0.6) is 0 Å². The summed E-state index contributed by atoms with van der Waals surface area (Å²) in [5, 5.41) is 29.5. The third kappa shape index (κ3) is 5.81. The first-order chi connectivity index (χ1) is 19.9. The number of carbonyl (C=O) groups is 1. The second kappa shape index (κ2) is 11.8. The lowest BCUT2D eigenvalue weighted by Crippen LogP contribution is -2.34. The van der Waals surface area contributed by atoms with E-state index >= 15 is 0 Å². The lowest BCUT2D eigenvalue weighted by molar-refractivity contribution is -0.393. The van der Waals surface area contributed by atoms with E-state index in [9.17, 15) is 25.0 Å². The van der Waals surface area contributed by atoms with E-state index in [4.69, 9.17) is 4.74 Å². The molecule has 10 heteroatoms. The Morgan fingerprint density at radius 2 is 1.66 bits per heavy atom. The standard InChI is InChI=1S/C31H26N4O6/c1-2-41-31(36)30-26(21-9-4-3-5-10-21)17-24(23-13-12-20-8-6-7-11-22(20)16-23)18-28(30)33-32-27-15-14-25(34(37)38)19-29(27)35(39)40/h3-16,18-19,26,30,32H,2,17H2,1H3/b33-28+. The number of benzene rings is 4. The minimum Gasteiger partial charge on any atom is -0.465 e. The highest BCUT2D eigenvalue weighted by Crippen LogP contribution is 2.41. The van der Waals surface area contributed by atoms with E-state index in [1.807, 2.05) is 72.8 Å². The van der Waals surface area contributed by atoms with Crippen LogP contribution in [0.15, 0.2) is 102 Å². The van der Waals surface area contributed by atoms with Crippen molar-refractivity contribution >= 4 is 45.1 Å². The van der Waals surface area contributed by atoms with Crippen LogP contribution in [0.25, 0.3) is 16.3 Å². The van der Waals surface area contributed by atoms with Gasteiger partial charge in [0.1, 0.15) is 11.6 Å².